The Morgan fingerprint density at radius 2 is 2.08 bits per heavy atom. The first-order valence-electron chi connectivity index (χ1n) is 3.81. The number of hydrogen-bond donors (Lipinski definition) is 1. The minimum atomic E-state index is -0.0162. The highest BCUT2D eigenvalue weighted by atomic mass is 35.5. The van der Waals surface area contributed by atoms with E-state index in [-0.39, 0.29) is 6.04 Å². The van der Waals surface area contributed by atoms with Crippen LogP contribution in [0, 0.1) is 0 Å². The largest absolute Gasteiger partial charge is 0.319 e. The van der Waals surface area contributed by atoms with Crippen molar-refractivity contribution in [3.05, 3.63) is 43.7 Å². The second-order valence-electron chi connectivity index (χ2n) is 2.63. The summed E-state index contributed by atoms with van der Waals surface area (Å²) in [5, 5.41) is 2.03. The van der Waals surface area contributed by atoms with Crippen molar-refractivity contribution in [2.75, 3.05) is 0 Å². The van der Waals surface area contributed by atoms with E-state index in [0.717, 1.165) is 9.21 Å². The Labute approximate surface area is 89.8 Å². The minimum Gasteiger partial charge on any atom is -0.319 e. The quantitative estimate of drug-likeness (QED) is 0.838. The van der Waals surface area contributed by atoms with Crippen LogP contribution < -0.4 is 5.73 Å². The zero-order valence-electron chi connectivity index (χ0n) is 6.74. The number of hydrogen-bond acceptors (Lipinski definition) is 3. The van der Waals surface area contributed by atoms with Crippen molar-refractivity contribution >= 4 is 34.3 Å². The van der Waals surface area contributed by atoms with Gasteiger partial charge in [-0.25, -0.2) is 0 Å². The highest BCUT2D eigenvalue weighted by Gasteiger charge is 2.11. The van der Waals surface area contributed by atoms with Gasteiger partial charge in [0.2, 0.25) is 0 Å². The number of nitrogens with two attached hydrogens (primary N) is 1. The lowest BCUT2D eigenvalue weighted by atomic mass is 10.2. The molecule has 4 heteroatoms. The molecule has 0 aliphatic heterocycles. The molecule has 0 bridgehead atoms. The molecular weight excluding hydrogens is 222 g/mol. The molecule has 0 aliphatic rings. The van der Waals surface area contributed by atoms with E-state index in [1.54, 1.807) is 22.7 Å². The van der Waals surface area contributed by atoms with E-state index in [4.69, 9.17) is 17.3 Å². The summed E-state index contributed by atoms with van der Waals surface area (Å²) in [6.45, 7) is 0. The molecule has 0 amide bonds. The predicted molar refractivity (Wildman–Crippen MR) is 59.7 cm³/mol. The Bertz CT molecular complexity index is 380. The fourth-order valence-corrected chi connectivity index (χ4v) is 3.00. The monoisotopic (exact) mass is 229 g/mol. The van der Waals surface area contributed by atoms with E-state index in [1.165, 1.54) is 4.88 Å². The second kappa shape index (κ2) is 3.80. The third-order valence-corrected chi connectivity index (χ3v) is 4.02. The maximum Gasteiger partial charge on any atom is 0.0931 e. The zero-order chi connectivity index (χ0) is 9.26. The highest BCUT2D eigenvalue weighted by molar-refractivity contribution is 7.16. The van der Waals surface area contributed by atoms with Crippen LogP contribution in [0.3, 0.4) is 0 Å². The third-order valence-electron chi connectivity index (χ3n) is 1.75. The fraction of sp³-hybridized carbons (Fsp3) is 0.111. The van der Waals surface area contributed by atoms with E-state index in [1.807, 2.05) is 29.6 Å². The molecule has 2 aromatic rings. The molecular formula is C9H8ClNS2. The van der Waals surface area contributed by atoms with Gasteiger partial charge in [0.1, 0.15) is 0 Å². The molecule has 0 saturated heterocycles. The van der Waals surface area contributed by atoms with Crippen LogP contribution in [-0.2, 0) is 0 Å². The van der Waals surface area contributed by atoms with Gasteiger partial charge in [-0.1, -0.05) is 17.7 Å². The SMILES string of the molecule is N[C@@H](c1cccs1)c1ccc(Cl)s1. The van der Waals surface area contributed by atoms with Crippen molar-refractivity contribution in [3.8, 4) is 0 Å². The van der Waals surface area contributed by atoms with Crippen LogP contribution in [0.25, 0.3) is 0 Å². The molecule has 68 valence electrons. The summed E-state index contributed by atoms with van der Waals surface area (Å²) >= 11 is 9.05. The van der Waals surface area contributed by atoms with Crippen LogP contribution >= 0.6 is 34.3 Å². The Hall–Kier alpha value is -0.350. The normalized spacial score (nSPS) is 13.1. The lowest BCUT2D eigenvalue weighted by Crippen LogP contribution is -2.07. The van der Waals surface area contributed by atoms with Crippen molar-refractivity contribution in [2.24, 2.45) is 5.73 Å². The van der Waals surface area contributed by atoms with Crippen molar-refractivity contribution in [3.63, 3.8) is 0 Å². The Morgan fingerprint density at radius 3 is 2.62 bits per heavy atom. The van der Waals surface area contributed by atoms with Crippen LogP contribution in [0.2, 0.25) is 4.34 Å². The summed E-state index contributed by atoms with van der Waals surface area (Å²) in [4.78, 5) is 2.30. The molecule has 2 rings (SSSR count). The summed E-state index contributed by atoms with van der Waals surface area (Å²) in [7, 11) is 0. The van der Waals surface area contributed by atoms with E-state index < -0.39 is 0 Å². The highest BCUT2D eigenvalue weighted by Crippen LogP contribution is 2.31. The van der Waals surface area contributed by atoms with Crippen molar-refractivity contribution < 1.29 is 0 Å². The molecule has 1 nitrogen and oxygen atoms in total. The molecule has 13 heavy (non-hydrogen) atoms. The van der Waals surface area contributed by atoms with Gasteiger partial charge in [0, 0.05) is 9.75 Å². The van der Waals surface area contributed by atoms with Gasteiger partial charge in [-0.15, -0.1) is 22.7 Å². The molecule has 0 aromatic carbocycles. The average molecular weight is 230 g/mol. The van der Waals surface area contributed by atoms with E-state index >= 15 is 0 Å². The minimum absolute atomic E-state index is 0.0162. The molecule has 0 saturated carbocycles. The summed E-state index contributed by atoms with van der Waals surface area (Å²) in [6, 6.07) is 7.90. The molecule has 2 heterocycles. The summed E-state index contributed by atoms with van der Waals surface area (Å²) < 4.78 is 0.794. The van der Waals surface area contributed by atoms with E-state index in [2.05, 4.69) is 0 Å². The van der Waals surface area contributed by atoms with Crippen LogP contribution in [0.5, 0.6) is 0 Å². The summed E-state index contributed by atoms with van der Waals surface area (Å²) in [5.41, 5.74) is 6.04. The smallest absolute Gasteiger partial charge is 0.0931 e. The van der Waals surface area contributed by atoms with E-state index in [0.29, 0.717) is 0 Å². The maximum absolute atomic E-state index is 6.04. The molecule has 0 radical (unpaired) electrons. The van der Waals surface area contributed by atoms with Gasteiger partial charge in [-0.3, -0.25) is 0 Å². The van der Waals surface area contributed by atoms with Gasteiger partial charge < -0.3 is 5.73 Å². The van der Waals surface area contributed by atoms with Crippen LogP contribution in [-0.4, -0.2) is 0 Å². The van der Waals surface area contributed by atoms with Crippen LogP contribution in [0.15, 0.2) is 29.6 Å². The number of halogens is 1. The second-order valence-corrected chi connectivity index (χ2v) is 5.36. The number of thiophene rings is 2. The lowest BCUT2D eigenvalue weighted by Gasteiger charge is -2.05. The Morgan fingerprint density at radius 1 is 1.23 bits per heavy atom. The van der Waals surface area contributed by atoms with Crippen molar-refractivity contribution in [2.45, 2.75) is 6.04 Å². The van der Waals surface area contributed by atoms with Gasteiger partial charge in [-0.2, -0.15) is 0 Å². The average Bonchev–Trinajstić information content (AvgIpc) is 2.72. The summed E-state index contributed by atoms with van der Waals surface area (Å²) in [6.07, 6.45) is 0. The topological polar surface area (TPSA) is 26.0 Å². The van der Waals surface area contributed by atoms with Gasteiger partial charge in [0.25, 0.3) is 0 Å². The molecule has 2 aromatic heterocycles. The summed E-state index contributed by atoms with van der Waals surface area (Å²) in [5.74, 6) is 0. The molecule has 2 N–H and O–H groups in total. The van der Waals surface area contributed by atoms with Crippen LogP contribution in [0.4, 0.5) is 0 Å². The van der Waals surface area contributed by atoms with Crippen molar-refractivity contribution in [1.29, 1.82) is 0 Å². The lowest BCUT2D eigenvalue weighted by molar-refractivity contribution is 0.917. The van der Waals surface area contributed by atoms with Gasteiger partial charge >= 0.3 is 0 Å². The first kappa shape index (κ1) is 9.21. The van der Waals surface area contributed by atoms with Gasteiger partial charge in [0.15, 0.2) is 0 Å². The Kier molecular flexibility index (Phi) is 2.69. The first-order valence-corrected chi connectivity index (χ1v) is 5.89. The van der Waals surface area contributed by atoms with Crippen LogP contribution in [0.1, 0.15) is 15.8 Å². The standard InChI is InChI=1S/C9H8ClNS2/c10-8-4-3-7(13-8)9(11)6-2-1-5-12-6/h1-5,9H,11H2/t9-/m0/s1. The molecule has 0 unspecified atom stereocenters. The number of rotatable bonds is 2. The maximum atomic E-state index is 6.04. The van der Waals surface area contributed by atoms with E-state index in [9.17, 15) is 0 Å². The zero-order valence-corrected chi connectivity index (χ0v) is 9.12. The Balaban J connectivity index is 2.28. The molecule has 0 spiro atoms. The first-order chi connectivity index (χ1) is 6.27. The third kappa shape index (κ3) is 1.94. The van der Waals surface area contributed by atoms with Gasteiger partial charge in [-0.05, 0) is 23.6 Å². The van der Waals surface area contributed by atoms with Crippen molar-refractivity contribution in [1.82, 2.24) is 0 Å². The fourth-order valence-electron chi connectivity index (χ4n) is 1.10. The molecule has 0 fully saturated rings. The predicted octanol–water partition coefficient (Wildman–Crippen LogP) is 3.51. The molecule has 1 atom stereocenters. The van der Waals surface area contributed by atoms with Gasteiger partial charge in [0.05, 0.1) is 10.4 Å². The molecule has 0 aliphatic carbocycles.